The van der Waals surface area contributed by atoms with Crippen molar-refractivity contribution in [2.24, 2.45) is 11.8 Å². The van der Waals surface area contributed by atoms with Crippen LogP contribution in [0.5, 0.6) is 0 Å². The minimum absolute atomic E-state index is 0. The average molecular weight is 883 g/mol. The van der Waals surface area contributed by atoms with Crippen LogP contribution in [0, 0.1) is 17.9 Å². The number of pyridine rings is 1. The molecule has 6 aromatic rings. The van der Waals surface area contributed by atoms with Crippen molar-refractivity contribution in [1.82, 2.24) is 4.98 Å². The first-order valence-electron chi connectivity index (χ1n) is 18.5. The SMILES string of the molecule is CC(C)c1ccc2c(-c3[c-]c4c(s3)-c3ccccc3-c3ccccc3-c3ccccc3-4)nccc2c1.CCC(CC)C(=O)/C=C(\O)C(CC)CC.[Ir]. The molecule has 0 atom stereocenters. The molecule has 3 nitrogen and oxygen atoms in total. The van der Waals surface area contributed by atoms with Crippen molar-refractivity contribution in [2.45, 2.75) is 73.1 Å². The predicted molar refractivity (Wildman–Crippen MR) is 217 cm³/mol. The fraction of sp³-hybridized carbons (Fsp3) is 0.277. The number of benzene rings is 4. The molecule has 1 aliphatic rings. The Morgan fingerprint density at radius 1 is 0.731 bits per heavy atom. The molecule has 0 amide bonds. The Labute approximate surface area is 327 Å². The number of rotatable bonds is 9. The molecule has 0 bridgehead atoms. The Hall–Kier alpha value is -4.15. The topological polar surface area (TPSA) is 50.2 Å². The molecule has 0 saturated heterocycles. The van der Waals surface area contributed by atoms with E-state index in [-0.39, 0.29) is 43.5 Å². The van der Waals surface area contributed by atoms with Crippen molar-refractivity contribution < 1.29 is 30.0 Å². The summed E-state index contributed by atoms with van der Waals surface area (Å²) < 4.78 is 0. The fourth-order valence-electron chi connectivity index (χ4n) is 7.16. The van der Waals surface area contributed by atoms with Gasteiger partial charge in [-0.25, -0.2) is 11.3 Å². The van der Waals surface area contributed by atoms with Crippen molar-refractivity contribution in [3.05, 3.63) is 127 Å². The Morgan fingerprint density at radius 3 is 1.81 bits per heavy atom. The first kappa shape index (κ1) is 39.1. The molecule has 1 N–H and O–H groups in total. The molecule has 2 aromatic heterocycles. The Kier molecular flexibility index (Phi) is 13.2. The van der Waals surface area contributed by atoms with Gasteiger partial charge in [0.1, 0.15) is 0 Å². The van der Waals surface area contributed by atoms with E-state index < -0.39 is 0 Å². The summed E-state index contributed by atoms with van der Waals surface area (Å²) in [6, 6.07) is 39.0. The Balaban J connectivity index is 0.000000280. The van der Waals surface area contributed by atoms with Crippen LogP contribution in [0.25, 0.3) is 65.2 Å². The quantitative estimate of drug-likeness (QED) is 0.0893. The zero-order chi connectivity index (χ0) is 36.1. The van der Waals surface area contributed by atoms with E-state index in [1.807, 2.05) is 33.9 Å². The number of ketones is 1. The number of hydrogen-bond donors (Lipinski definition) is 1. The van der Waals surface area contributed by atoms with Gasteiger partial charge in [-0.2, -0.15) is 0 Å². The van der Waals surface area contributed by atoms with Gasteiger partial charge >= 0.3 is 0 Å². The molecule has 0 fully saturated rings. The summed E-state index contributed by atoms with van der Waals surface area (Å²) >= 11 is 1.80. The van der Waals surface area contributed by atoms with Gasteiger partial charge < -0.3 is 10.1 Å². The second-order valence-corrected chi connectivity index (χ2v) is 14.7. The summed E-state index contributed by atoms with van der Waals surface area (Å²) in [5.41, 5.74) is 11.0. The predicted octanol–water partition coefficient (Wildman–Crippen LogP) is 13.7. The van der Waals surface area contributed by atoms with Gasteiger partial charge in [-0.05, 0) is 86.0 Å². The van der Waals surface area contributed by atoms with E-state index >= 15 is 0 Å². The molecule has 0 spiro atoms. The van der Waals surface area contributed by atoms with Gasteiger partial charge in [-0.1, -0.05) is 144 Å². The standard InChI is InChI=1S/C34H24NS.C13H24O2.Ir/c1-21(2)22-15-16-24-23(19-22)17-18-35-33(24)32-20-31-29-13-6-5-11-27(29)25-9-3-4-10-26(25)28-12-7-8-14-30(28)34(31)36-32;1-5-10(6-2)12(14)9-13(15)11(7-3)8-4;/h3-19,21H,1-2H3;9-11,14H,5-8H2,1-4H3;/q-1;;/b;12-9-;. The summed E-state index contributed by atoms with van der Waals surface area (Å²) in [5, 5.41) is 12.2. The third-order valence-corrected chi connectivity index (χ3v) is 11.4. The molecular formula is C47H48IrNO2S-. The molecule has 52 heavy (non-hydrogen) atoms. The molecule has 1 aliphatic carbocycles. The summed E-state index contributed by atoms with van der Waals surface area (Å²) in [6.07, 6.45) is 6.84. The van der Waals surface area contributed by atoms with Crippen LogP contribution < -0.4 is 0 Å². The number of carbonyl (C=O) groups is 1. The van der Waals surface area contributed by atoms with Gasteiger partial charge in [-0.15, -0.1) is 11.6 Å². The van der Waals surface area contributed by atoms with E-state index in [0.717, 1.165) is 41.8 Å². The van der Waals surface area contributed by atoms with E-state index in [2.05, 4.69) is 117 Å². The minimum atomic E-state index is 0. The van der Waals surface area contributed by atoms with Crippen LogP contribution in [-0.4, -0.2) is 15.9 Å². The van der Waals surface area contributed by atoms with Crippen LogP contribution >= 0.6 is 11.3 Å². The average Bonchev–Trinajstić information content (AvgIpc) is 3.60. The van der Waals surface area contributed by atoms with E-state index in [1.54, 1.807) is 11.3 Å². The van der Waals surface area contributed by atoms with Crippen molar-refractivity contribution >= 4 is 27.9 Å². The first-order valence-corrected chi connectivity index (χ1v) is 19.3. The van der Waals surface area contributed by atoms with E-state index in [4.69, 9.17) is 4.98 Å². The molecular weight excluding hydrogens is 835 g/mol. The molecule has 0 aliphatic heterocycles. The van der Waals surface area contributed by atoms with Crippen LogP contribution in [0.2, 0.25) is 0 Å². The molecule has 5 heteroatoms. The molecule has 4 aromatic carbocycles. The van der Waals surface area contributed by atoms with Gasteiger partial charge in [0.2, 0.25) is 0 Å². The Bertz CT molecular complexity index is 2100. The number of aliphatic hydroxyl groups excluding tert-OH is 1. The monoisotopic (exact) mass is 883 g/mol. The summed E-state index contributed by atoms with van der Waals surface area (Å²) in [7, 11) is 0. The second-order valence-electron chi connectivity index (χ2n) is 13.7. The van der Waals surface area contributed by atoms with E-state index in [1.165, 1.54) is 60.7 Å². The van der Waals surface area contributed by atoms with Gasteiger partial charge in [0.25, 0.3) is 0 Å². The van der Waals surface area contributed by atoms with Gasteiger partial charge in [0, 0.05) is 49.9 Å². The molecule has 269 valence electrons. The third kappa shape index (κ3) is 7.93. The summed E-state index contributed by atoms with van der Waals surface area (Å²) in [6.45, 7) is 12.5. The van der Waals surface area contributed by atoms with Crippen LogP contribution in [0.1, 0.15) is 78.7 Å². The van der Waals surface area contributed by atoms with E-state index in [9.17, 15) is 9.90 Å². The largest absolute Gasteiger partial charge is 0.512 e. The van der Waals surface area contributed by atoms with Crippen molar-refractivity contribution in [3.8, 4) is 54.4 Å². The second kappa shape index (κ2) is 17.6. The van der Waals surface area contributed by atoms with Crippen LogP contribution in [0.4, 0.5) is 0 Å². The third-order valence-electron chi connectivity index (χ3n) is 10.3. The number of allylic oxidation sites excluding steroid dienone is 2. The van der Waals surface area contributed by atoms with Gasteiger partial charge in [0.15, 0.2) is 5.78 Å². The first-order chi connectivity index (χ1) is 24.8. The van der Waals surface area contributed by atoms with Gasteiger partial charge in [-0.3, -0.25) is 4.79 Å². The number of thiophene rings is 1. The van der Waals surface area contributed by atoms with Crippen molar-refractivity contribution in [1.29, 1.82) is 0 Å². The maximum absolute atomic E-state index is 11.7. The maximum atomic E-state index is 11.7. The Morgan fingerprint density at radius 2 is 1.25 bits per heavy atom. The summed E-state index contributed by atoms with van der Waals surface area (Å²) in [4.78, 5) is 18.9. The number of aromatic nitrogens is 1. The van der Waals surface area contributed by atoms with Crippen LogP contribution in [0.3, 0.4) is 0 Å². The number of aliphatic hydroxyl groups is 1. The maximum Gasteiger partial charge on any atom is 0.162 e. The zero-order valence-corrected chi connectivity index (χ0v) is 34.2. The van der Waals surface area contributed by atoms with Gasteiger partial charge in [0.05, 0.1) is 5.76 Å². The molecule has 0 saturated carbocycles. The zero-order valence-electron chi connectivity index (χ0n) is 31.0. The molecule has 0 unspecified atom stereocenters. The van der Waals surface area contributed by atoms with Crippen molar-refractivity contribution in [3.63, 3.8) is 0 Å². The molecule has 7 rings (SSSR count). The number of carbonyl (C=O) groups excluding carboxylic acids is 1. The number of hydrogen-bond acceptors (Lipinski definition) is 4. The fourth-order valence-corrected chi connectivity index (χ4v) is 8.32. The van der Waals surface area contributed by atoms with Crippen LogP contribution in [0.15, 0.2) is 115 Å². The number of fused-ring (bicyclic) bond motifs is 9. The van der Waals surface area contributed by atoms with Crippen LogP contribution in [-0.2, 0) is 24.9 Å². The molecule has 1 radical (unpaired) electrons. The summed E-state index contributed by atoms with van der Waals surface area (Å²) in [5.74, 6) is 1.04. The normalized spacial score (nSPS) is 11.8. The molecule has 2 heterocycles. The van der Waals surface area contributed by atoms with E-state index in [0.29, 0.717) is 5.92 Å². The minimum Gasteiger partial charge on any atom is -0.512 e. The smallest absolute Gasteiger partial charge is 0.162 e. The number of nitrogens with zero attached hydrogens (tertiary/aromatic N) is 1. The van der Waals surface area contributed by atoms with Crippen molar-refractivity contribution in [2.75, 3.05) is 0 Å².